The van der Waals surface area contributed by atoms with E-state index in [4.69, 9.17) is 28.9 Å². The van der Waals surface area contributed by atoms with Gasteiger partial charge in [0.1, 0.15) is 39.6 Å². The van der Waals surface area contributed by atoms with E-state index >= 15 is 8.78 Å². The van der Waals surface area contributed by atoms with Crippen molar-refractivity contribution < 1.29 is 37.9 Å². The molecule has 272 valence electrons. The maximum atomic E-state index is 17.3. The van der Waals surface area contributed by atoms with E-state index in [1.54, 1.807) is 13.0 Å². The lowest BCUT2D eigenvalue weighted by Gasteiger charge is -2.51. The average molecular weight is 706 g/mol. The Labute approximate surface area is 295 Å². The highest BCUT2D eigenvalue weighted by molar-refractivity contribution is 6.03. The molecule has 4 fully saturated rings. The molecule has 0 amide bonds. The van der Waals surface area contributed by atoms with Crippen LogP contribution in [0.1, 0.15) is 51.5 Å². The minimum atomic E-state index is -1.22. The molecule has 3 saturated heterocycles. The summed E-state index contributed by atoms with van der Waals surface area (Å²) in [6, 6.07) is 6.61. The fourth-order valence-electron chi connectivity index (χ4n) is 8.94. The second kappa shape index (κ2) is 13.3. The van der Waals surface area contributed by atoms with Crippen LogP contribution in [0, 0.1) is 17.0 Å². The van der Waals surface area contributed by atoms with Crippen LogP contribution in [0.4, 0.5) is 14.6 Å². The van der Waals surface area contributed by atoms with Gasteiger partial charge in [0.25, 0.3) is 0 Å². The van der Waals surface area contributed by atoms with Gasteiger partial charge in [0, 0.05) is 23.6 Å². The van der Waals surface area contributed by atoms with Crippen LogP contribution >= 0.6 is 0 Å². The van der Waals surface area contributed by atoms with Crippen LogP contribution in [-0.4, -0.2) is 108 Å². The van der Waals surface area contributed by atoms with E-state index in [-0.39, 0.29) is 58.4 Å². The van der Waals surface area contributed by atoms with Crippen LogP contribution in [0.5, 0.6) is 17.6 Å². The molecular weight excluding hydrogens is 660 g/mol. The average Bonchev–Trinajstić information content (AvgIpc) is 3.44. The van der Waals surface area contributed by atoms with E-state index in [1.807, 2.05) is 11.8 Å². The molecule has 1 aliphatic carbocycles. The largest absolute Gasteiger partial charge is 0.508 e. The van der Waals surface area contributed by atoms with Crippen molar-refractivity contribution in [2.45, 2.75) is 70.1 Å². The van der Waals surface area contributed by atoms with Gasteiger partial charge in [0.2, 0.25) is 5.88 Å². The number of anilines is 1. The lowest BCUT2D eigenvalue weighted by Crippen LogP contribution is -2.60. The third kappa shape index (κ3) is 6.01. The number of aromatic nitrogens is 3. The molecule has 5 heterocycles. The summed E-state index contributed by atoms with van der Waals surface area (Å²) in [6.07, 6.45) is 5.62. The van der Waals surface area contributed by atoms with Crippen molar-refractivity contribution in [1.82, 2.24) is 19.9 Å². The highest BCUT2D eigenvalue weighted by atomic mass is 19.1. The lowest BCUT2D eigenvalue weighted by atomic mass is 9.75. The molecule has 4 aliphatic rings. The van der Waals surface area contributed by atoms with Gasteiger partial charge in [0.05, 0.1) is 52.7 Å². The zero-order chi connectivity index (χ0) is 35.5. The number of hydrogen-bond acceptors (Lipinski definition) is 11. The Bertz CT molecular complexity index is 1980. The van der Waals surface area contributed by atoms with Gasteiger partial charge in [-0.2, -0.15) is 9.97 Å². The van der Waals surface area contributed by atoms with Crippen molar-refractivity contribution in [2.24, 2.45) is 5.41 Å². The Morgan fingerprint density at radius 3 is 2.63 bits per heavy atom. The van der Waals surface area contributed by atoms with Crippen molar-refractivity contribution in [3.63, 3.8) is 0 Å². The molecule has 51 heavy (non-hydrogen) atoms. The number of ether oxygens (including phenoxy) is 4. The first-order chi connectivity index (χ1) is 24.6. The second-order valence-corrected chi connectivity index (χ2v) is 14.9. The lowest BCUT2D eigenvalue weighted by molar-refractivity contribution is -0.115. The van der Waals surface area contributed by atoms with E-state index in [0.29, 0.717) is 60.4 Å². The van der Waals surface area contributed by atoms with E-state index in [2.05, 4.69) is 9.88 Å². The zero-order valence-electron chi connectivity index (χ0n) is 29.4. The summed E-state index contributed by atoms with van der Waals surface area (Å²) in [4.78, 5) is 18.7. The Morgan fingerprint density at radius 1 is 1.04 bits per heavy atom. The summed E-state index contributed by atoms with van der Waals surface area (Å²) < 4.78 is 56.0. The Balaban J connectivity index is 1.29. The first-order valence-corrected chi connectivity index (χ1v) is 18.0. The number of likely N-dealkylation sites (tertiary alicyclic amines) is 1. The Kier molecular flexibility index (Phi) is 8.88. The van der Waals surface area contributed by atoms with Crippen LogP contribution in [0.15, 0.2) is 24.3 Å². The number of hydrogen-bond donors (Lipinski definition) is 2. The summed E-state index contributed by atoms with van der Waals surface area (Å²) in [5, 5.41) is 23.1. The SMILES string of the molecule is CCc1c(F)ccc2cc(O)cc(-c3nc(OC)c4c(N5CCOC[C@@](C)(O)C5)nc(OC[C@]56CCC[C@H]5N(C5COC5)CCC6)nc4c3F)c12. The number of phenols is 1. The van der Waals surface area contributed by atoms with Crippen LogP contribution in [0.3, 0.4) is 0 Å². The number of phenolic OH excluding ortho intramolecular Hbond substituents is 1. The van der Waals surface area contributed by atoms with Gasteiger partial charge in [-0.05, 0) is 80.1 Å². The molecule has 0 bridgehead atoms. The number of piperidine rings is 1. The summed E-state index contributed by atoms with van der Waals surface area (Å²) in [7, 11) is 1.43. The van der Waals surface area contributed by atoms with Gasteiger partial charge in [-0.3, -0.25) is 4.90 Å². The van der Waals surface area contributed by atoms with Gasteiger partial charge < -0.3 is 34.1 Å². The molecule has 8 rings (SSSR count). The molecule has 11 nitrogen and oxygen atoms in total. The third-order valence-electron chi connectivity index (χ3n) is 11.3. The molecule has 0 radical (unpaired) electrons. The van der Waals surface area contributed by atoms with Crippen molar-refractivity contribution >= 4 is 27.5 Å². The normalized spacial score (nSPS) is 25.9. The van der Waals surface area contributed by atoms with Crippen molar-refractivity contribution in [1.29, 1.82) is 0 Å². The smallest absolute Gasteiger partial charge is 0.319 e. The topological polar surface area (TPSA) is 123 Å². The summed E-state index contributed by atoms with van der Waals surface area (Å²) >= 11 is 0. The van der Waals surface area contributed by atoms with Crippen molar-refractivity contribution in [2.75, 3.05) is 64.7 Å². The number of rotatable bonds is 8. The number of aryl methyl sites for hydroxylation is 1. The van der Waals surface area contributed by atoms with E-state index in [0.717, 1.165) is 51.9 Å². The Morgan fingerprint density at radius 2 is 1.86 bits per heavy atom. The molecule has 3 aliphatic heterocycles. The molecule has 2 N–H and O–H groups in total. The molecule has 4 aromatic rings. The van der Waals surface area contributed by atoms with Gasteiger partial charge in [-0.15, -0.1) is 0 Å². The molecule has 2 aromatic carbocycles. The number of halogens is 2. The molecule has 13 heteroatoms. The van der Waals surface area contributed by atoms with Gasteiger partial charge in [-0.25, -0.2) is 13.8 Å². The van der Waals surface area contributed by atoms with Crippen LogP contribution in [0.25, 0.3) is 32.9 Å². The van der Waals surface area contributed by atoms with Crippen molar-refractivity contribution in [3.8, 4) is 28.9 Å². The molecule has 2 aromatic heterocycles. The number of nitrogens with zero attached hydrogens (tertiary/aromatic N) is 5. The van der Waals surface area contributed by atoms with Crippen LogP contribution in [-0.2, 0) is 15.9 Å². The number of fused-ring (bicyclic) bond motifs is 3. The number of benzene rings is 2. The highest BCUT2D eigenvalue weighted by Crippen LogP contribution is 2.49. The van der Waals surface area contributed by atoms with Gasteiger partial charge in [0.15, 0.2) is 5.82 Å². The standard InChI is InChI=1S/C38H45F2N5O6/c1-4-25-27(39)9-8-22-15-24(46)16-26(29(22)25)32-31(40)33-30(35(41-32)48-3)34(44-13-14-49-20-37(2,47)19-44)43-36(42-33)51-21-38-10-5-7-28(38)45(12-6-11-38)23-17-50-18-23/h8-9,15-16,23,28,46-47H,4-7,10-14,17-21H2,1-3H3/t28-,37+,38-/m1/s1. The maximum absolute atomic E-state index is 17.3. The van der Waals surface area contributed by atoms with Crippen molar-refractivity contribution in [3.05, 3.63) is 41.5 Å². The molecule has 1 saturated carbocycles. The van der Waals surface area contributed by atoms with Gasteiger partial charge in [-0.1, -0.05) is 19.4 Å². The number of methoxy groups -OCH3 is 1. The predicted molar refractivity (Wildman–Crippen MR) is 188 cm³/mol. The zero-order valence-corrected chi connectivity index (χ0v) is 29.4. The van der Waals surface area contributed by atoms with Crippen LogP contribution < -0.4 is 14.4 Å². The van der Waals surface area contributed by atoms with Gasteiger partial charge >= 0.3 is 6.01 Å². The molecule has 0 unspecified atom stereocenters. The molecular formula is C38H45F2N5O6. The number of aliphatic hydroxyl groups is 1. The van der Waals surface area contributed by atoms with E-state index < -0.39 is 17.2 Å². The first kappa shape index (κ1) is 34.2. The minimum absolute atomic E-state index is 0.00518. The fourth-order valence-corrected chi connectivity index (χ4v) is 8.94. The van der Waals surface area contributed by atoms with Crippen LogP contribution in [0.2, 0.25) is 0 Å². The highest BCUT2D eigenvalue weighted by Gasteiger charge is 2.51. The number of β-amino-alcohol motifs (C(OH)–C–C–N with tert-alkyl or cyclic N) is 1. The van der Waals surface area contributed by atoms with E-state index in [9.17, 15) is 10.2 Å². The molecule has 3 atom stereocenters. The number of pyridine rings is 1. The predicted octanol–water partition coefficient (Wildman–Crippen LogP) is 5.40. The third-order valence-corrected chi connectivity index (χ3v) is 11.3. The minimum Gasteiger partial charge on any atom is -0.508 e. The monoisotopic (exact) mass is 705 g/mol. The summed E-state index contributed by atoms with van der Waals surface area (Å²) in [5.74, 6) is -1.00. The fraction of sp³-hybridized carbons (Fsp3) is 0.553. The quantitative estimate of drug-likeness (QED) is 0.245. The summed E-state index contributed by atoms with van der Waals surface area (Å²) in [5.41, 5.74) is -0.966. The van der Waals surface area contributed by atoms with E-state index in [1.165, 1.54) is 25.3 Å². The summed E-state index contributed by atoms with van der Waals surface area (Å²) in [6.45, 7) is 7.36. The maximum Gasteiger partial charge on any atom is 0.319 e. The Hall–Kier alpha value is -3.91. The number of aromatic hydroxyl groups is 1. The second-order valence-electron chi connectivity index (χ2n) is 14.9. The first-order valence-electron chi connectivity index (χ1n) is 18.0. The molecule has 0 spiro atoms.